The van der Waals surface area contributed by atoms with Gasteiger partial charge >= 0.3 is 0 Å². The summed E-state index contributed by atoms with van der Waals surface area (Å²) in [5.41, 5.74) is 11.2. The van der Waals surface area contributed by atoms with E-state index in [1.807, 2.05) is 13.8 Å². The maximum Gasteiger partial charge on any atom is 0.241 e. The SMILES string of the molecule is CC(C)[C@@H](N)C(=O)Nc1cnn(CC(N)=O)c1. The maximum atomic E-state index is 11.6. The van der Waals surface area contributed by atoms with Gasteiger partial charge in [0.25, 0.3) is 0 Å². The predicted octanol–water partition coefficient (Wildman–Crippen LogP) is -0.710. The summed E-state index contributed by atoms with van der Waals surface area (Å²) < 4.78 is 1.35. The molecule has 1 rings (SSSR count). The molecule has 17 heavy (non-hydrogen) atoms. The van der Waals surface area contributed by atoms with Crippen molar-refractivity contribution in [3.8, 4) is 0 Å². The van der Waals surface area contributed by atoms with Crippen molar-refractivity contribution in [2.45, 2.75) is 26.4 Å². The van der Waals surface area contributed by atoms with Crippen LogP contribution in [-0.4, -0.2) is 27.6 Å². The molecular weight excluding hydrogens is 222 g/mol. The van der Waals surface area contributed by atoms with E-state index in [9.17, 15) is 9.59 Å². The topological polar surface area (TPSA) is 116 Å². The second-order valence-corrected chi connectivity index (χ2v) is 4.15. The first-order chi connectivity index (χ1) is 7.90. The van der Waals surface area contributed by atoms with Crippen LogP contribution in [0.3, 0.4) is 0 Å². The average molecular weight is 239 g/mol. The van der Waals surface area contributed by atoms with Crippen LogP contribution in [0.15, 0.2) is 12.4 Å². The van der Waals surface area contributed by atoms with Gasteiger partial charge in [-0.1, -0.05) is 13.8 Å². The van der Waals surface area contributed by atoms with E-state index in [0.29, 0.717) is 5.69 Å². The highest BCUT2D eigenvalue weighted by Crippen LogP contribution is 2.07. The van der Waals surface area contributed by atoms with Crippen molar-refractivity contribution in [1.82, 2.24) is 9.78 Å². The van der Waals surface area contributed by atoms with Crippen LogP contribution in [0.1, 0.15) is 13.8 Å². The van der Waals surface area contributed by atoms with E-state index in [-0.39, 0.29) is 18.4 Å². The second kappa shape index (κ2) is 5.44. The zero-order chi connectivity index (χ0) is 13.0. The lowest BCUT2D eigenvalue weighted by atomic mass is 10.1. The number of amides is 2. The van der Waals surface area contributed by atoms with Gasteiger partial charge in [-0.25, -0.2) is 0 Å². The molecule has 0 spiro atoms. The summed E-state index contributed by atoms with van der Waals surface area (Å²) in [6.07, 6.45) is 2.96. The highest BCUT2D eigenvalue weighted by atomic mass is 16.2. The molecule has 1 atom stereocenters. The van der Waals surface area contributed by atoms with Gasteiger partial charge in [-0.3, -0.25) is 14.3 Å². The van der Waals surface area contributed by atoms with Crippen LogP contribution in [0.5, 0.6) is 0 Å². The van der Waals surface area contributed by atoms with Crippen molar-refractivity contribution in [3.05, 3.63) is 12.4 Å². The number of aromatic nitrogens is 2. The Morgan fingerprint density at radius 2 is 2.18 bits per heavy atom. The van der Waals surface area contributed by atoms with Gasteiger partial charge in [0.05, 0.1) is 17.9 Å². The summed E-state index contributed by atoms with van der Waals surface area (Å²) in [5, 5.41) is 6.49. The fourth-order valence-corrected chi connectivity index (χ4v) is 1.20. The molecule has 2 amide bonds. The molecular formula is C10H17N5O2. The molecule has 0 bridgehead atoms. The first-order valence-corrected chi connectivity index (χ1v) is 5.27. The number of nitrogens with one attached hydrogen (secondary N) is 1. The van der Waals surface area contributed by atoms with Crippen LogP contribution in [-0.2, 0) is 16.1 Å². The Hall–Kier alpha value is -1.89. The minimum absolute atomic E-state index is 0.0217. The zero-order valence-corrected chi connectivity index (χ0v) is 9.88. The van der Waals surface area contributed by atoms with E-state index in [4.69, 9.17) is 11.5 Å². The number of nitrogens with two attached hydrogens (primary N) is 2. The Bertz CT molecular complexity index is 413. The molecule has 1 heterocycles. The Morgan fingerprint density at radius 3 is 2.71 bits per heavy atom. The largest absolute Gasteiger partial charge is 0.368 e. The second-order valence-electron chi connectivity index (χ2n) is 4.15. The first-order valence-electron chi connectivity index (χ1n) is 5.27. The summed E-state index contributed by atoms with van der Waals surface area (Å²) in [6.45, 7) is 3.70. The Morgan fingerprint density at radius 1 is 1.53 bits per heavy atom. The van der Waals surface area contributed by atoms with E-state index in [2.05, 4.69) is 10.4 Å². The molecule has 0 aliphatic rings. The molecule has 1 aromatic heterocycles. The molecule has 0 radical (unpaired) electrons. The molecule has 0 saturated carbocycles. The summed E-state index contributed by atoms with van der Waals surface area (Å²) in [7, 11) is 0. The van der Waals surface area contributed by atoms with Gasteiger partial charge in [0, 0.05) is 6.20 Å². The van der Waals surface area contributed by atoms with Gasteiger partial charge in [-0.05, 0) is 5.92 Å². The van der Waals surface area contributed by atoms with Gasteiger partial charge in [0.2, 0.25) is 11.8 Å². The monoisotopic (exact) mass is 239 g/mol. The fraction of sp³-hybridized carbons (Fsp3) is 0.500. The molecule has 0 fully saturated rings. The molecule has 5 N–H and O–H groups in total. The van der Waals surface area contributed by atoms with Crippen LogP contribution in [0, 0.1) is 5.92 Å². The minimum atomic E-state index is -0.575. The van der Waals surface area contributed by atoms with E-state index >= 15 is 0 Å². The van der Waals surface area contributed by atoms with Crippen molar-refractivity contribution >= 4 is 17.5 Å². The molecule has 0 aliphatic carbocycles. The summed E-state index contributed by atoms with van der Waals surface area (Å²) >= 11 is 0. The minimum Gasteiger partial charge on any atom is -0.368 e. The molecule has 0 unspecified atom stereocenters. The molecule has 7 heteroatoms. The molecule has 1 aromatic rings. The van der Waals surface area contributed by atoms with Crippen molar-refractivity contribution in [2.24, 2.45) is 17.4 Å². The van der Waals surface area contributed by atoms with Crippen molar-refractivity contribution in [2.75, 3.05) is 5.32 Å². The van der Waals surface area contributed by atoms with Gasteiger partial charge in [0.15, 0.2) is 0 Å². The molecule has 0 aliphatic heterocycles. The number of carbonyl (C=O) groups excluding carboxylic acids is 2. The zero-order valence-electron chi connectivity index (χ0n) is 9.88. The van der Waals surface area contributed by atoms with Crippen molar-refractivity contribution in [1.29, 1.82) is 0 Å². The number of hydrogen-bond acceptors (Lipinski definition) is 4. The van der Waals surface area contributed by atoms with Gasteiger partial charge in [-0.15, -0.1) is 0 Å². The van der Waals surface area contributed by atoms with E-state index in [0.717, 1.165) is 0 Å². The van der Waals surface area contributed by atoms with Gasteiger partial charge in [-0.2, -0.15) is 5.10 Å². The summed E-state index contributed by atoms with van der Waals surface area (Å²) in [4.78, 5) is 22.3. The third-order valence-electron chi connectivity index (χ3n) is 2.24. The Kier molecular flexibility index (Phi) is 4.22. The van der Waals surface area contributed by atoms with E-state index < -0.39 is 11.9 Å². The third-order valence-corrected chi connectivity index (χ3v) is 2.24. The van der Waals surface area contributed by atoms with Crippen molar-refractivity contribution < 1.29 is 9.59 Å². The lowest BCUT2D eigenvalue weighted by Crippen LogP contribution is -2.39. The summed E-state index contributed by atoms with van der Waals surface area (Å²) in [5.74, 6) is -0.723. The molecule has 0 saturated heterocycles. The van der Waals surface area contributed by atoms with Gasteiger partial charge < -0.3 is 16.8 Å². The third kappa shape index (κ3) is 3.87. The highest BCUT2D eigenvalue weighted by Gasteiger charge is 2.17. The Labute approximate surface area is 99.1 Å². The Balaban J connectivity index is 2.60. The normalized spacial score (nSPS) is 12.5. The number of anilines is 1. The highest BCUT2D eigenvalue weighted by molar-refractivity contribution is 5.94. The van der Waals surface area contributed by atoms with Crippen LogP contribution in [0.25, 0.3) is 0 Å². The maximum absolute atomic E-state index is 11.6. The van der Waals surface area contributed by atoms with Crippen LogP contribution >= 0.6 is 0 Å². The smallest absolute Gasteiger partial charge is 0.241 e. The van der Waals surface area contributed by atoms with Crippen LogP contribution in [0.4, 0.5) is 5.69 Å². The number of carbonyl (C=O) groups is 2. The molecule has 7 nitrogen and oxygen atoms in total. The number of rotatable bonds is 5. The van der Waals surface area contributed by atoms with Crippen molar-refractivity contribution in [3.63, 3.8) is 0 Å². The fourth-order valence-electron chi connectivity index (χ4n) is 1.20. The quantitative estimate of drug-likeness (QED) is 0.629. The number of nitrogens with zero attached hydrogens (tertiary/aromatic N) is 2. The molecule has 94 valence electrons. The number of hydrogen-bond donors (Lipinski definition) is 3. The molecule has 0 aromatic carbocycles. The first kappa shape index (κ1) is 13.2. The van der Waals surface area contributed by atoms with Crippen LogP contribution < -0.4 is 16.8 Å². The lowest BCUT2D eigenvalue weighted by Gasteiger charge is -2.14. The van der Waals surface area contributed by atoms with E-state index in [1.54, 1.807) is 0 Å². The summed E-state index contributed by atoms with van der Waals surface area (Å²) in [6, 6.07) is -0.575. The van der Waals surface area contributed by atoms with Crippen LogP contribution in [0.2, 0.25) is 0 Å². The average Bonchev–Trinajstić information content (AvgIpc) is 2.63. The number of primary amides is 1. The lowest BCUT2D eigenvalue weighted by molar-refractivity contribution is -0.119. The van der Waals surface area contributed by atoms with Gasteiger partial charge in [0.1, 0.15) is 6.54 Å². The standard InChI is InChI=1S/C10H17N5O2/c1-6(2)9(12)10(17)14-7-3-13-15(4-7)5-8(11)16/h3-4,6,9H,5,12H2,1-2H3,(H2,11,16)(H,14,17)/t9-/m1/s1. The predicted molar refractivity (Wildman–Crippen MR) is 62.9 cm³/mol. The van der Waals surface area contributed by atoms with E-state index in [1.165, 1.54) is 17.1 Å².